The van der Waals surface area contributed by atoms with Crippen LogP contribution in [0.25, 0.3) is 0 Å². The molecule has 7 heteroatoms. The normalized spacial score (nSPS) is 36.0. The molecule has 4 rings (SSSR count). The third-order valence-corrected chi connectivity index (χ3v) is 7.03. The van der Waals surface area contributed by atoms with Gasteiger partial charge in [0.05, 0.1) is 18.6 Å². The third kappa shape index (κ3) is 3.52. The van der Waals surface area contributed by atoms with E-state index in [0.29, 0.717) is 18.4 Å². The Morgan fingerprint density at radius 1 is 1.17 bits per heavy atom. The molecule has 7 nitrogen and oxygen atoms in total. The van der Waals surface area contributed by atoms with Crippen LogP contribution in [0.5, 0.6) is 0 Å². The van der Waals surface area contributed by atoms with Crippen molar-refractivity contribution >= 4 is 17.7 Å². The second kappa shape index (κ2) is 7.93. The van der Waals surface area contributed by atoms with Crippen molar-refractivity contribution in [1.29, 1.82) is 0 Å². The van der Waals surface area contributed by atoms with Crippen molar-refractivity contribution in [3.05, 3.63) is 23.3 Å². The van der Waals surface area contributed by atoms with Gasteiger partial charge in [0.1, 0.15) is 0 Å². The average Bonchev–Trinajstić information content (AvgIpc) is 3.18. The van der Waals surface area contributed by atoms with E-state index in [1.165, 1.54) is 6.08 Å². The van der Waals surface area contributed by atoms with Gasteiger partial charge < -0.3 is 19.3 Å². The lowest BCUT2D eigenvalue weighted by atomic mass is 9.66. The topological polar surface area (TPSA) is 99.1 Å². The van der Waals surface area contributed by atoms with Crippen molar-refractivity contribution in [2.75, 3.05) is 6.61 Å². The molecule has 164 valence electrons. The number of hydrogen-bond donors (Lipinski definition) is 1. The number of unbranched alkanes of at least 4 members (excludes halogenated alkanes) is 4. The van der Waals surface area contributed by atoms with E-state index in [1.807, 2.05) is 0 Å². The fraction of sp³-hybridized carbons (Fsp3) is 0.696. The van der Waals surface area contributed by atoms with Gasteiger partial charge in [-0.15, -0.1) is 0 Å². The molecule has 1 fully saturated rings. The molecule has 1 saturated heterocycles. The van der Waals surface area contributed by atoms with Crippen LogP contribution in [0.1, 0.15) is 65.2 Å². The lowest BCUT2D eigenvalue weighted by Gasteiger charge is -2.42. The predicted octanol–water partition coefficient (Wildman–Crippen LogP) is 2.75. The molecule has 30 heavy (non-hydrogen) atoms. The van der Waals surface area contributed by atoms with Crippen LogP contribution in [0, 0.1) is 11.8 Å². The number of carbonyl (C=O) groups excluding carboxylic acids is 3. The van der Waals surface area contributed by atoms with Gasteiger partial charge in [-0.25, -0.2) is 4.79 Å². The van der Waals surface area contributed by atoms with Gasteiger partial charge in [0, 0.05) is 24.0 Å². The Morgan fingerprint density at radius 3 is 2.63 bits per heavy atom. The van der Waals surface area contributed by atoms with Crippen LogP contribution in [0.2, 0.25) is 0 Å². The van der Waals surface area contributed by atoms with Crippen LogP contribution >= 0.6 is 0 Å². The number of carbonyl (C=O) groups is 3. The second-order valence-electron chi connectivity index (χ2n) is 9.08. The monoisotopic (exact) mass is 418 g/mol. The summed E-state index contributed by atoms with van der Waals surface area (Å²) in [5.74, 6) is -3.55. The largest absolute Gasteiger partial charge is 0.450 e. The van der Waals surface area contributed by atoms with Crippen molar-refractivity contribution < 1.29 is 33.7 Å². The van der Waals surface area contributed by atoms with Gasteiger partial charge >= 0.3 is 11.9 Å². The molecule has 0 bridgehead atoms. The summed E-state index contributed by atoms with van der Waals surface area (Å²) in [4.78, 5) is 37.5. The van der Waals surface area contributed by atoms with E-state index in [4.69, 9.17) is 14.2 Å². The first-order valence-corrected chi connectivity index (χ1v) is 11.0. The molecule has 0 radical (unpaired) electrons. The number of ether oxygens (including phenoxy) is 3. The minimum absolute atomic E-state index is 0.0102. The smallest absolute Gasteiger partial charge is 0.333 e. The first-order valence-electron chi connectivity index (χ1n) is 11.0. The number of esters is 2. The number of aliphatic hydroxyl groups is 1. The molecular formula is C23H30O7. The maximum absolute atomic E-state index is 13.3. The summed E-state index contributed by atoms with van der Waals surface area (Å²) in [6.45, 7) is 3.81. The highest BCUT2D eigenvalue weighted by atomic mass is 16.7. The molecule has 3 heterocycles. The summed E-state index contributed by atoms with van der Waals surface area (Å²) >= 11 is 0. The zero-order valence-electron chi connectivity index (χ0n) is 17.6. The van der Waals surface area contributed by atoms with Crippen molar-refractivity contribution in [1.82, 2.24) is 0 Å². The van der Waals surface area contributed by atoms with Gasteiger partial charge in [0.2, 0.25) is 11.6 Å². The predicted molar refractivity (Wildman–Crippen MR) is 106 cm³/mol. The zero-order valence-corrected chi connectivity index (χ0v) is 17.6. The van der Waals surface area contributed by atoms with Crippen LogP contribution in [0.3, 0.4) is 0 Å². The van der Waals surface area contributed by atoms with E-state index in [0.717, 1.165) is 37.7 Å². The molecule has 0 aromatic carbocycles. The van der Waals surface area contributed by atoms with Gasteiger partial charge in [0.25, 0.3) is 0 Å². The van der Waals surface area contributed by atoms with Crippen molar-refractivity contribution in [3.63, 3.8) is 0 Å². The van der Waals surface area contributed by atoms with Crippen molar-refractivity contribution in [2.45, 2.75) is 82.7 Å². The van der Waals surface area contributed by atoms with Gasteiger partial charge in [-0.2, -0.15) is 0 Å². The summed E-state index contributed by atoms with van der Waals surface area (Å²) in [5, 5.41) is 10.8. The van der Waals surface area contributed by atoms with Crippen LogP contribution in [-0.2, 0) is 28.6 Å². The minimum Gasteiger partial charge on any atom is -0.450 e. The maximum atomic E-state index is 13.3. The van der Waals surface area contributed by atoms with Crippen molar-refractivity contribution in [3.8, 4) is 0 Å². The molecule has 0 aromatic rings. The quantitative estimate of drug-likeness (QED) is 0.501. The van der Waals surface area contributed by atoms with E-state index < -0.39 is 41.3 Å². The Labute approximate surface area is 176 Å². The Balaban J connectivity index is 1.51. The first kappa shape index (κ1) is 21.2. The van der Waals surface area contributed by atoms with E-state index >= 15 is 0 Å². The molecular weight excluding hydrogens is 388 g/mol. The molecule has 1 spiro atoms. The summed E-state index contributed by atoms with van der Waals surface area (Å²) in [6, 6.07) is 0. The third-order valence-electron chi connectivity index (χ3n) is 7.03. The first-order chi connectivity index (χ1) is 14.3. The number of ketones is 1. The molecule has 0 aromatic heterocycles. The number of rotatable bonds is 7. The number of Topliss-reactive ketones (excluding diaryl/α,β-unsaturated/α-hetero) is 1. The molecule has 5 atom stereocenters. The average molecular weight is 418 g/mol. The van der Waals surface area contributed by atoms with E-state index in [2.05, 4.69) is 6.92 Å². The fourth-order valence-corrected chi connectivity index (χ4v) is 5.30. The number of hydrogen-bond acceptors (Lipinski definition) is 7. The summed E-state index contributed by atoms with van der Waals surface area (Å²) in [7, 11) is 0. The second-order valence-corrected chi connectivity index (χ2v) is 9.08. The lowest BCUT2D eigenvalue weighted by Crippen LogP contribution is -2.51. The minimum atomic E-state index is -1.28. The number of fused-ring (bicyclic) bond motifs is 1. The van der Waals surface area contributed by atoms with Crippen LogP contribution in [0.15, 0.2) is 23.3 Å². The standard InChI is InChI=1S/C23H30O7/c1-3-4-5-6-7-8-17(24)19-16-11-14-12-23(10-9-18(25)29-23)28-13-15(14)20(26)22(16,2)30-21(19)27/h9-10,16-17,19,24H,3-8,11-13H2,1-2H3. The van der Waals surface area contributed by atoms with Gasteiger partial charge in [0.15, 0.2) is 5.60 Å². The molecule has 0 amide bonds. The zero-order chi connectivity index (χ0) is 21.5. The Hall–Kier alpha value is -1.99. The van der Waals surface area contributed by atoms with Crippen molar-refractivity contribution in [2.24, 2.45) is 11.8 Å². The Morgan fingerprint density at radius 2 is 1.93 bits per heavy atom. The SMILES string of the molecule is CCCCCCCC(O)C1C(=O)OC2(C)C(=O)C3=C(CC12)CC1(C=CC(=O)O1)OC3. The maximum Gasteiger partial charge on any atom is 0.333 e. The summed E-state index contributed by atoms with van der Waals surface area (Å²) in [5.41, 5.74) is 0.0459. The molecule has 3 aliphatic heterocycles. The highest BCUT2D eigenvalue weighted by Gasteiger charge is 2.62. The molecule has 1 N–H and O–H groups in total. The van der Waals surface area contributed by atoms with Gasteiger partial charge in [-0.05, 0) is 25.8 Å². The molecule has 1 aliphatic carbocycles. The van der Waals surface area contributed by atoms with Crippen LogP contribution in [0.4, 0.5) is 0 Å². The lowest BCUT2D eigenvalue weighted by molar-refractivity contribution is -0.199. The number of aliphatic hydroxyl groups excluding tert-OH is 1. The van der Waals surface area contributed by atoms with E-state index in [1.54, 1.807) is 13.0 Å². The highest BCUT2D eigenvalue weighted by Crippen LogP contribution is 2.51. The molecule has 4 aliphatic rings. The van der Waals surface area contributed by atoms with Gasteiger partial charge in [-0.1, -0.05) is 44.6 Å². The molecule has 5 unspecified atom stereocenters. The van der Waals surface area contributed by atoms with E-state index in [9.17, 15) is 19.5 Å². The Kier molecular flexibility index (Phi) is 5.62. The van der Waals surface area contributed by atoms with Crippen LogP contribution in [-0.4, -0.2) is 46.9 Å². The summed E-state index contributed by atoms with van der Waals surface area (Å²) < 4.78 is 16.6. The fourth-order valence-electron chi connectivity index (χ4n) is 5.30. The molecule has 0 saturated carbocycles. The summed E-state index contributed by atoms with van der Waals surface area (Å²) in [6.07, 6.45) is 8.57. The highest BCUT2D eigenvalue weighted by molar-refractivity contribution is 6.06. The van der Waals surface area contributed by atoms with E-state index in [-0.39, 0.29) is 18.8 Å². The Bertz CT molecular complexity index is 812. The van der Waals surface area contributed by atoms with Crippen LogP contribution < -0.4 is 0 Å². The van der Waals surface area contributed by atoms with Gasteiger partial charge in [-0.3, -0.25) is 9.59 Å².